The molecule has 0 spiro atoms. The number of carboxylic acids is 1. The lowest BCUT2D eigenvalue weighted by molar-refractivity contribution is -0.142. The molecule has 1 aromatic carbocycles. The largest absolute Gasteiger partial charge is 0.479 e. The number of ketones is 1. The Morgan fingerprint density at radius 2 is 1.71 bits per heavy atom. The lowest BCUT2D eigenvalue weighted by atomic mass is 9.80. The van der Waals surface area contributed by atoms with Crippen LogP contribution in [0.25, 0.3) is 0 Å². The summed E-state index contributed by atoms with van der Waals surface area (Å²) in [6, 6.07) is 7.48. The number of hydrogen-bond acceptors (Lipinski definition) is 3. The van der Waals surface area contributed by atoms with Crippen LogP contribution in [0.15, 0.2) is 30.3 Å². The van der Waals surface area contributed by atoms with Crippen LogP contribution in [0, 0.1) is 11.8 Å². The first kappa shape index (κ1) is 18.2. The van der Waals surface area contributed by atoms with Gasteiger partial charge in [0, 0.05) is 18.8 Å². The van der Waals surface area contributed by atoms with Gasteiger partial charge < -0.3 is 10.4 Å². The number of amides is 1. The highest BCUT2D eigenvalue weighted by molar-refractivity contribution is 5.88. The molecular formula is C19H25NO4. The van der Waals surface area contributed by atoms with Gasteiger partial charge in [-0.2, -0.15) is 0 Å². The number of carbonyl (C=O) groups is 3. The number of Topliss-reactive ketones (excluding diaryl/α,β-unsaturated/α-hetero) is 1. The molecule has 1 fully saturated rings. The second-order valence-corrected chi connectivity index (χ2v) is 6.67. The van der Waals surface area contributed by atoms with E-state index < -0.39 is 17.9 Å². The molecule has 0 saturated heterocycles. The van der Waals surface area contributed by atoms with Crippen molar-refractivity contribution in [1.29, 1.82) is 0 Å². The summed E-state index contributed by atoms with van der Waals surface area (Å²) in [6.07, 6.45) is 4.18. The monoisotopic (exact) mass is 331 g/mol. The third-order valence-electron chi connectivity index (χ3n) is 4.75. The Labute approximate surface area is 142 Å². The van der Waals surface area contributed by atoms with Crippen LogP contribution in [-0.4, -0.2) is 22.8 Å². The van der Waals surface area contributed by atoms with E-state index in [4.69, 9.17) is 0 Å². The van der Waals surface area contributed by atoms with Crippen molar-refractivity contribution >= 4 is 17.7 Å². The fourth-order valence-corrected chi connectivity index (χ4v) is 3.19. The molecule has 2 rings (SSSR count). The van der Waals surface area contributed by atoms with Gasteiger partial charge in [0.2, 0.25) is 5.91 Å². The van der Waals surface area contributed by atoms with Crippen molar-refractivity contribution in [1.82, 2.24) is 5.32 Å². The molecule has 0 radical (unpaired) electrons. The molecule has 24 heavy (non-hydrogen) atoms. The number of hydrogen-bond donors (Lipinski definition) is 2. The molecule has 0 aromatic heterocycles. The predicted octanol–water partition coefficient (Wildman–Crippen LogP) is 3.10. The van der Waals surface area contributed by atoms with Crippen LogP contribution in [0.1, 0.15) is 57.1 Å². The first-order valence-corrected chi connectivity index (χ1v) is 8.57. The number of carboxylic acid groups (broad SMARTS) is 1. The van der Waals surface area contributed by atoms with E-state index in [0.29, 0.717) is 11.5 Å². The van der Waals surface area contributed by atoms with E-state index in [-0.39, 0.29) is 24.5 Å². The van der Waals surface area contributed by atoms with Gasteiger partial charge in [-0.05, 0) is 24.3 Å². The summed E-state index contributed by atoms with van der Waals surface area (Å²) < 4.78 is 0. The zero-order chi connectivity index (χ0) is 17.5. The highest BCUT2D eigenvalue weighted by Crippen LogP contribution is 2.29. The van der Waals surface area contributed by atoms with Crippen LogP contribution in [0.4, 0.5) is 0 Å². The van der Waals surface area contributed by atoms with Crippen LogP contribution in [0.2, 0.25) is 0 Å². The molecule has 2 N–H and O–H groups in total. The summed E-state index contributed by atoms with van der Waals surface area (Å²) in [6.45, 7) is 2.20. The maximum absolute atomic E-state index is 12.2. The van der Waals surface area contributed by atoms with Gasteiger partial charge in [-0.3, -0.25) is 9.59 Å². The van der Waals surface area contributed by atoms with E-state index in [1.807, 2.05) is 0 Å². The molecule has 1 atom stereocenters. The van der Waals surface area contributed by atoms with Crippen molar-refractivity contribution in [2.75, 3.05) is 0 Å². The Hall–Kier alpha value is -2.17. The molecule has 1 aliphatic carbocycles. The minimum absolute atomic E-state index is 0.0432. The molecule has 5 heteroatoms. The molecule has 0 heterocycles. The second kappa shape index (κ2) is 8.62. The molecule has 0 bridgehead atoms. The highest BCUT2D eigenvalue weighted by atomic mass is 16.4. The molecule has 1 aliphatic rings. The molecule has 1 aromatic rings. The van der Waals surface area contributed by atoms with Crippen LogP contribution in [-0.2, 0) is 14.4 Å². The number of aliphatic carboxylic acids is 1. The van der Waals surface area contributed by atoms with Crippen molar-refractivity contribution in [3.8, 4) is 0 Å². The van der Waals surface area contributed by atoms with Crippen LogP contribution >= 0.6 is 0 Å². The third-order valence-corrected chi connectivity index (χ3v) is 4.75. The Morgan fingerprint density at radius 3 is 2.29 bits per heavy atom. The Kier molecular flexibility index (Phi) is 6.53. The molecule has 1 saturated carbocycles. The van der Waals surface area contributed by atoms with Crippen molar-refractivity contribution in [2.24, 2.45) is 11.8 Å². The van der Waals surface area contributed by atoms with E-state index >= 15 is 0 Å². The summed E-state index contributed by atoms with van der Waals surface area (Å²) in [4.78, 5) is 35.6. The zero-order valence-electron chi connectivity index (χ0n) is 14.0. The number of nitrogens with one attached hydrogen (secondary N) is 1. The van der Waals surface area contributed by atoms with Gasteiger partial charge in [0.15, 0.2) is 6.04 Å². The first-order chi connectivity index (χ1) is 11.5. The summed E-state index contributed by atoms with van der Waals surface area (Å²) >= 11 is 0. The summed E-state index contributed by atoms with van der Waals surface area (Å²) in [5, 5.41) is 11.8. The Morgan fingerprint density at radius 1 is 1.08 bits per heavy atom. The molecule has 0 aliphatic heterocycles. The first-order valence-electron chi connectivity index (χ1n) is 8.57. The molecule has 0 unspecified atom stereocenters. The maximum Gasteiger partial charge on any atom is 0.330 e. The Bertz CT molecular complexity index is 576. The summed E-state index contributed by atoms with van der Waals surface area (Å²) in [5.41, 5.74) is 0.519. The molecule has 130 valence electrons. The predicted molar refractivity (Wildman–Crippen MR) is 90.3 cm³/mol. The molecule has 1 amide bonds. The van der Waals surface area contributed by atoms with Gasteiger partial charge in [-0.25, -0.2) is 4.79 Å². The number of benzene rings is 1. The van der Waals surface area contributed by atoms with Gasteiger partial charge in [-0.1, -0.05) is 50.1 Å². The van der Waals surface area contributed by atoms with Crippen LogP contribution < -0.4 is 5.32 Å². The van der Waals surface area contributed by atoms with Gasteiger partial charge in [0.25, 0.3) is 0 Å². The topological polar surface area (TPSA) is 83.5 Å². The smallest absolute Gasteiger partial charge is 0.330 e. The van der Waals surface area contributed by atoms with E-state index in [1.165, 1.54) is 0 Å². The minimum atomic E-state index is -1.11. The lowest BCUT2D eigenvalue weighted by Gasteiger charge is -2.25. The lowest BCUT2D eigenvalue weighted by Crippen LogP contribution is -2.34. The zero-order valence-corrected chi connectivity index (χ0v) is 14.0. The summed E-state index contributed by atoms with van der Waals surface area (Å²) in [7, 11) is 0. The van der Waals surface area contributed by atoms with E-state index in [9.17, 15) is 19.5 Å². The average Bonchev–Trinajstić information content (AvgIpc) is 2.58. The fourth-order valence-electron chi connectivity index (χ4n) is 3.19. The third kappa shape index (κ3) is 5.18. The number of carbonyl (C=O) groups excluding carboxylic acids is 2. The number of rotatable bonds is 7. The normalized spacial score (nSPS) is 21.7. The standard InChI is InChI=1S/C19H25NO4/c1-13-7-9-14(10-8-13)16(21)11-12-17(22)20-18(19(23)24)15-5-3-2-4-6-15/h2-6,13-14,18H,7-12H2,1H3,(H,20,22)(H,23,24)/t13?,14?,18-/m1/s1. The van der Waals surface area contributed by atoms with Crippen molar-refractivity contribution in [2.45, 2.75) is 51.5 Å². The quantitative estimate of drug-likeness (QED) is 0.804. The van der Waals surface area contributed by atoms with E-state index in [0.717, 1.165) is 25.7 Å². The van der Waals surface area contributed by atoms with Crippen LogP contribution in [0.3, 0.4) is 0 Å². The van der Waals surface area contributed by atoms with Crippen molar-refractivity contribution in [3.63, 3.8) is 0 Å². The van der Waals surface area contributed by atoms with Gasteiger partial charge in [0.05, 0.1) is 0 Å². The highest BCUT2D eigenvalue weighted by Gasteiger charge is 2.26. The van der Waals surface area contributed by atoms with Crippen molar-refractivity contribution in [3.05, 3.63) is 35.9 Å². The van der Waals surface area contributed by atoms with E-state index in [1.54, 1.807) is 30.3 Å². The van der Waals surface area contributed by atoms with Crippen molar-refractivity contribution < 1.29 is 19.5 Å². The Balaban J connectivity index is 1.83. The fraction of sp³-hybridized carbons (Fsp3) is 0.526. The van der Waals surface area contributed by atoms with Gasteiger partial charge >= 0.3 is 5.97 Å². The SMILES string of the molecule is CC1CCC(C(=O)CCC(=O)N[C@@H](C(=O)O)c2ccccc2)CC1. The van der Waals surface area contributed by atoms with E-state index in [2.05, 4.69) is 12.2 Å². The van der Waals surface area contributed by atoms with Gasteiger partial charge in [-0.15, -0.1) is 0 Å². The molecular weight excluding hydrogens is 306 g/mol. The summed E-state index contributed by atoms with van der Waals surface area (Å²) in [5.74, 6) is -0.632. The van der Waals surface area contributed by atoms with Gasteiger partial charge in [0.1, 0.15) is 5.78 Å². The van der Waals surface area contributed by atoms with Crippen LogP contribution in [0.5, 0.6) is 0 Å². The average molecular weight is 331 g/mol. The minimum Gasteiger partial charge on any atom is -0.479 e. The maximum atomic E-state index is 12.2. The second-order valence-electron chi connectivity index (χ2n) is 6.67. The molecule has 5 nitrogen and oxygen atoms in total.